The maximum atomic E-state index is 6.17. The van der Waals surface area contributed by atoms with Crippen molar-refractivity contribution in [3.63, 3.8) is 0 Å². The molecule has 21 heavy (non-hydrogen) atoms. The molecule has 2 unspecified atom stereocenters. The standard InChI is InChI=1S/C16H30N4O/c1-5-13-9-7-6-8-10-20(13)14(11-17)15-12(2)18-19(3)16(15)21-4/h13-14H,5-11,17H2,1-4H3. The Bertz CT molecular complexity index is 457. The predicted molar refractivity (Wildman–Crippen MR) is 85.5 cm³/mol. The first kappa shape index (κ1) is 16.3. The molecule has 1 fully saturated rings. The summed E-state index contributed by atoms with van der Waals surface area (Å²) in [5.74, 6) is 0.849. The molecule has 0 bridgehead atoms. The molecule has 0 amide bonds. The Morgan fingerprint density at radius 3 is 2.76 bits per heavy atom. The van der Waals surface area contributed by atoms with Gasteiger partial charge in [0.1, 0.15) is 0 Å². The second kappa shape index (κ2) is 7.27. The number of nitrogens with two attached hydrogens (primary N) is 1. The third-order valence-corrected chi connectivity index (χ3v) is 4.76. The monoisotopic (exact) mass is 294 g/mol. The summed E-state index contributed by atoms with van der Waals surface area (Å²) in [6, 6.07) is 0.821. The van der Waals surface area contributed by atoms with Gasteiger partial charge in [-0.25, -0.2) is 4.68 Å². The normalized spacial score (nSPS) is 22.0. The first-order chi connectivity index (χ1) is 10.1. The van der Waals surface area contributed by atoms with Crippen LogP contribution in [-0.2, 0) is 7.05 Å². The molecule has 2 N–H and O–H groups in total. The van der Waals surface area contributed by atoms with Crippen LogP contribution in [0.2, 0.25) is 0 Å². The van der Waals surface area contributed by atoms with E-state index in [9.17, 15) is 0 Å². The predicted octanol–water partition coefficient (Wildman–Crippen LogP) is 2.39. The van der Waals surface area contributed by atoms with E-state index in [1.807, 2.05) is 11.7 Å². The molecule has 5 heteroatoms. The van der Waals surface area contributed by atoms with Crippen LogP contribution in [0, 0.1) is 6.92 Å². The van der Waals surface area contributed by atoms with E-state index in [1.54, 1.807) is 7.11 Å². The SMILES string of the molecule is CCC1CCCCCN1C(CN)c1c(C)nn(C)c1OC. The number of likely N-dealkylation sites (tertiary alicyclic amines) is 1. The number of nitrogens with zero attached hydrogens (tertiary/aromatic N) is 3. The number of methoxy groups -OCH3 is 1. The van der Waals surface area contributed by atoms with E-state index >= 15 is 0 Å². The minimum absolute atomic E-state index is 0.205. The van der Waals surface area contributed by atoms with Gasteiger partial charge in [-0.15, -0.1) is 0 Å². The van der Waals surface area contributed by atoms with Gasteiger partial charge in [0.15, 0.2) is 0 Å². The molecule has 1 aliphatic heterocycles. The zero-order chi connectivity index (χ0) is 15.4. The van der Waals surface area contributed by atoms with Crippen LogP contribution in [0.1, 0.15) is 56.3 Å². The Morgan fingerprint density at radius 2 is 2.14 bits per heavy atom. The summed E-state index contributed by atoms with van der Waals surface area (Å²) < 4.78 is 7.41. The van der Waals surface area contributed by atoms with E-state index in [-0.39, 0.29) is 6.04 Å². The molecule has 120 valence electrons. The summed E-state index contributed by atoms with van der Waals surface area (Å²) >= 11 is 0. The van der Waals surface area contributed by atoms with Crippen molar-refractivity contribution in [2.75, 3.05) is 20.2 Å². The average molecular weight is 294 g/mol. The largest absolute Gasteiger partial charge is 0.481 e. The minimum atomic E-state index is 0.205. The number of rotatable bonds is 5. The molecule has 1 aliphatic rings. The lowest BCUT2D eigenvalue weighted by molar-refractivity contribution is 0.133. The molecule has 1 aromatic heterocycles. The van der Waals surface area contributed by atoms with E-state index in [2.05, 4.69) is 23.8 Å². The van der Waals surface area contributed by atoms with Crippen LogP contribution in [0.15, 0.2) is 0 Å². The first-order valence-electron chi connectivity index (χ1n) is 8.17. The molecule has 0 aromatic carbocycles. The van der Waals surface area contributed by atoms with Gasteiger partial charge in [0.05, 0.1) is 24.4 Å². The van der Waals surface area contributed by atoms with Crippen LogP contribution in [0.4, 0.5) is 0 Å². The number of ether oxygens (including phenoxy) is 1. The van der Waals surface area contributed by atoms with Gasteiger partial charge in [-0.05, 0) is 32.7 Å². The smallest absolute Gasteiger partial charge is 0.216 e. The third kappa shape index (κ3) is 3.24. The Hall–Kier alpha value is -1.07. The van der Waals surface area contributed by atoms with Gasteiger partial charge in [0.2, 0.25) is 5.88 Å². The average Bonchev–Trinajstić information content (AvgIpc) is 2.66. The Balaban J connectivity index is 2.37. The fourth-order valence-corrected chi connectivity index (χ4v) is 3.75. The van der Waals surface area contributed by atoms with Crippen molar-refractivity contribution >= 4 is 0 Å². The quantitative estimate of drug-likeness (QED) is 0.906. The van der Waals surface area contributed by atoms with Gasteiger partial charge in [-0.3, -0.25) is 4.90 Å². The molecular weight excluding hydrogens is 264 g/mol. The van der Waals surface area contributed by atoms with Crippen molar-refractivity contribution < 1.29 is 4.74 Å². The van der Waals surface area contributed by atoms with Crippen molar-refractivity contribution in [3.8, 4) is 5.88 Å². The summed E-state index contributed by atoms with van der Waals surface area (Å²) in [5.41, 5.74) is 8.37. The molecule has 0 radical (unpaired) electrons. The van der Waals surface area contributed by atoms with Crippen molar-refractivity contribution in [2.45, 2.75) is 58.0 Å². The third-order valence-electron chi connectivity index (χ3n) is 4.76. The molecule has 1 aromatic rings. The second-order valence-corrected chi connectivity index (χ2v) is 6.03. The molecule has 2 rings (SSSR count). The molecule has 2 heterocycles. The van der Waals surface area contributed by atoms with Gasteiger partial charge in [-0.1, -0.05) is 19.8 Å². The highest BCUT2D eigenvalue weighted by molar-refractivity contribution is 5.34. The highest BCUT2D eigenvalue weighted by Crippen LogP contribution is 2.35. The maximum absolute atomic E-state index is 6.17. The number of aryl methyl sites for hydroxylation is 2. The summed E-state index contributed by atoms with van der Waals surface area (Å²) in [7, 11) is 3.65. The molecular formula is C16H30N4O. The zero-order valence-corrected chi connectivity index (χ0v) is 13.9. The van der Waals surface area contributed by atoms with Crippen LogP contribution in [-0.4, -0.2) is 40.9 Å². The second-order valence-electron chi connectivity index (χ2n) is 6.03. The van der Waals surface area contributed by atoms with Crippen molar-refractivity contribution in [2.24, 2.45) is 12.8 Å². The Kier molecular flexibility index (Phi) is 5.65. The fourth-order valence-electron chi connectivity index (χ4n) is 3.75. The summed E-state index contributed by atoms with van der Waals surface area (Å²) in [6.45, 7) is 6.07. The molecule has 0 aliphatic carbocycles. The highest BCUT2D eigenvalue weighted by atomic mass is 16.5. The number of aromatic nitrogens is 2. The number of hydrogen-bond donors (Lipinski definition) is 1. The fraction of sp³-hybridized carbons (Fsp3) is 0.812. The van der Waals surface area contributed by atoms with Crippen molar-refractivity contribution in [1.82, 2.24) is 14.7 Å². The van der Waals surface area contributed by atoms with Crippen LogP contribution in [0.3, 0.4) is 0 Å². The van der Waals surface area contributed by atoms with E-state index in [1.165, 1.54) is 37.7 Å². The summed E-state index contributed by atoms with van der Waals surface area (Å²) in [5, 5.41) is 4.53. The number of hydrogen-bond acceptors (Lipinski definition) is 4. The van der Waals surface area contributed by atoms with Gasteiger partial charge < -0.3 is 10.5 Å². The van der Waals surface area contributed by atoms with Gasteiger partial charge in [0, 0.05) is 19.6 Å². The Morgan fingerprint density at radius 1 is 1.38 bits per heavy atom. The van der Waals surface area contributed by atoms with Gasteiger partial charge >= 0.3 is 0 Å². The van der Waals surface area contributed by atoms with Crippen LogP contribution < -0.4 is 10.5 Å². The maximum Gasteiger partial charge on any atom is 0.216 e. The lowest BCUT2D eigenvalue weighted by Gasteiger charge is -2.36. The first-order valence-corrected chi connectivity index (χ1v) is 8.17. The van der Waals surface area contributed by atoms with E-state index in [4.69, 9.17) is 10.5 Å². The minimum Gasteiger partial charge on any atom is -0.481 e. The lowest BCUT2D eigenvalue weighted by Crippen LogP contribution is -2.41. The van der Waals surface area contributed by atoms with Crippen molar-refractivity contribution in [1.29, 1.82) is 0 Å². The van der Waals surface area contributed by atoms with E-state index in [0.29, 0.717) is 12.6 Å². The summed E-state index contributed by atoms with van der Waals surface area (Å²) in [4.78, 5) is 2.60. The van der Waals surface area contributed by atoms with Gasteiger partial charge in [-0.2, -0.15) is 5.10 Å². The zero-order valence-electron chi connectivity index (χ0n) is 13.9. The van der Waals surface area contributed by atoms with Crippen LogP contribution >= 0.6 is 0 Å². The highest BCUT2D eigenvalue weighted by Gasteiger charge is 2.31. The molecule has 5 nitrogen and oxygen atoms in total. The van der Waals surface area contributed by atoms with E-state index < -0.39 is 0 Å². The van der Waals surface area contributed by atoms with Gasteiger partial charge in [0.25, 0.3) is 0 Å². The van der Waals surface area contributed by atoms with Crippen molar-refractivity contribution in [3.05, 3.63) is 11.3 Å². The molecule has 1 saturated heterocycles. The van der Waals surface area contributed by atoms with Crippen LogP contribution in [0.5, 0.6) is 5.88 Å². The lowest BCUT2D eigenvalue weighted by atomic mass is 10.0. The summed E-state index contributed by atoms with van der Waals surface area (Å²) in [6.07, 6.45) is 6.37. The van der Waals surface area contributed by atoms with E-state index in [0.717, 1.165) is 18.1 Å². The Labute approximate surface area is 128 Å². The topological polar surface area (TPSA) is 56.3 Å². The molecule has 0 spiro atoms. The van der Waals surface area contributed by atoms with Crippen LogP contribution in [0.25, 0.3) is 0 Å². The molecule has 0 saturated carbocycles. The molecule has 2 atom stereocenters.